The van der Waals surface area contributed by atoms with Gasteiger partial charge in [-0.25, -0.2) is 0 Å². The van der Waals surface area contributed by atoms with E-state index in [1.54, 1.807) is 0 Å². The van der Waals surface area contributed by atoms with E-state index in [0.717, 1.165) is 38.1 Å². The molecular formula is C14H30IN3O. The zero-order chi connectivity index (χ0) is 13.4. The summed E-state index contributed by atoms with van der Waals surface area (Å²) in [5.41, 5.74) is 0. The van der Waals surface area contributed by atoms with Crippen molar-refractivity contribution in [2.75, 3.05) is 26.8 Å². The van der Waals surface area contributed by atoms with Crippen LogP contribution in [0.2, 0.25) is 0 Å². The van der Waals surface area contributed by atoms with E-state index in [9.17, 15) is 0 Å². The number of nitrogens with one attached hydrogen (secondary N) is 2. The standard InChI is InChI=1S/C14H29N3O.HI/c1-11(2)5-6-12(3)17-14(15-4)16-9-13-7-8-18-10-13;/h11-13H,5-10H2,1-4H3,(H2,15,16,17);1H. The molecule has 0 radical (unpaired) electrons. The van der Waals surface area contributed by atoms with Crippen molar-refractivity contribution in [3.63, 3.8) is 0 Å². The Kier molecular flexibility index (Phi) is 10.7. The first-order chi connectivity index (χ1) is 8.61. The van der Waals surface area contributed by atoms with Gasteiger partial charge in [0.2, 0.25) is 0 Å². The van der Waals surface area contributed by atoms with Crippen LogP contribution in [0.3, 0.4) is 0 Å². The summed E-state index contributed by atoms with van der Waals surface area (Å²) in [5, 5.41) is 6.83. The second-order valence-electron chi connectivity index (χ2n) is 5.70. The number of hydrogen-bond donors (Lipinski definition) is 2. The Hall–Kier alpha value is -0.0400. The van der Waals surface area contributed by atoms with Gasteiger partial charge in [-0.05, 0) is 32.1 Å². The Labute approximate surface area is 135 Å². The highest BCUT2D eigenvalue weighted by atomic mass is 127. The molecule has 19 heavy (non-hydrogen) atoms. The Bertz CT molecular complexity index is 253. The van der Waals surface area contributed by atoms with Gasteiger partial charge < -0.3 is 15.4 Å². The maximum Gasteiger partial charge on any atom is 0.191 e. The van der Waals surface area contributed by atoms with Gasteiger partial charge in [-0.3, -0.25) is 4.99 Å². The Morgan fingerprint density at radius 3 is 2.58 bits per heavy atom. The van der Waals surface area contributed by atoms with Crippen molar-refractivity contribution in [2.24, 2.45) is 16.8 Å². The molecule has 0 aromatic carbocycles. The number of hydrogen-bond acceptors (Lipinski definition) is 2. The maximum atomic E-state index is 5.37. The lowest BCUT2D eigenvalue weighted by atomic mass is 10.0. The summed E-state index contributed by atoms with van der Waals surface area (Å²) in [6.45, 7) is 9.49. The van der Waals surface area contributed by atoms with Gasteiger partial charge in [0, 0.05) is 32.2 Å². The van der Waals surface area contributed by atoms with E-state index in [1.807, 2.05) is 7.05 Å². The topological polar surface area (TPSA) is 45.7 Å². The number of halogens is 1. The molecule has 2 unspecified atom stereocenters. The smallest absolute Gasteiger partial charge is 0.191 e. The maximum absolute atomic E-state index is 5.37. The first-order valence-electron chi connectivity index (χ1n) is 7.16. The highest BCUT2D eigenvalue weighted by molar-refractivity contribution is 14.0. The van der Waals surface area contributed by atoms with Crippen LogP contribution in [0.4, 0.5) is 0 Å². The number of guanidine groups is 1. The summed E-state index contributed by atoms with van der Waals surface area (Å²) >= 11 is 0. The van der Waals surface area contributed by atoms with Gasteiger partial charge in [0.05, 0.1) is 6.61 Å². The summed E-state index contributed by atoms with van der Waals surface area (Å²) in [5.74, 6) is 2.31. The fraction of sp³-hybridized carbons (Fsp3) is 0.929. The molecule has 1 rings (SSSR count). The molecule has 0 amide bonds. The average molecular weight is 383 g/mol. The van der Waals surface area contributed by atoms with E-state index in [2.05, 4.69) is 36.4 Å². The van der Waals surface area contributed by atoms with Crippen LogP contribution in [0, 0.1) is 11.8 Å². The second-order valence-corrected chi connectivity index (χ2v) is 5.70. The SMILES string of the molecule is CN=C(NCC1CCOC1)NC(C)CCC(C)C.I. The number of aliphatic imine (C=N–C) groups is 1. The molecule has 114 valence electrons. The fourth-order valence-electron chi connectivity index (χ4n) is 2.07. The van der Waals surface area contributed by atoms with Crippen LogP contribution in [-0.2, 0) is 4.74 Å². The second kappa shape index (κ2) is 10.7. The molecule has 0 aromatic rings. The first-order valence-corrected chi connectivity index (χ1v) is 7.16. The lowest BCUT2D eigenvalue weighted by Gasteiger charge is -2.19. The van der Waals surface area contributed by atoms with Crippen molar-refractivity contribution in [1.29, 1.82) is 0 Å². The fourth-order valence-corrected chi connectivity index (χ4v) is 2.07. The molecule has 0 saturated carbocycles. The normalized spacial score (nSPS) is 21.1. The van der Waals surface area contributed by atoms with E-state index in [4.69, 9.17) is 4.74 Å². The summed E-state index contributed by atoms with van der Waals surface area (Å²) in [6.07, 6.45) is 3.60. The molecule has 1 fully saturated rings. The molecule has 0 aliphatic carbocycles. The molecule has 0 aromatic heterocycles. The van der Waals surface area contributed by atoms with Crippen molar-refractivity contribution >= 4 is 29.9 Å². The van der Waals surface area contributed by atoms with Crippen LogP contribution in [0.1, 0.15) is 40.0 Å². The van der Waals surface area contributed by atoms with Gasteiger partial charge in [0.1, 0.15) is 0 Å². The molecule has 5 heteroatoms. The van der Waals surface area contributed by atoms with Gasteiger partial charge in [0.15, 0.2) is 5.96 Å². The van der Waals surface area contributed by atoms with Gasteiger partial charge in [-0.15, -0.1) is 24.0 Å². The first kappa shape index (κ1) is 19.0. The predicted molar refractivity (Wildman–Crippen MR) is 92.4 cm³/mol. The van der Waals surface area contributed by atoms with Gasteiger partial charge >= 0.3 is 0 Å². The highest BCUT2D eigenvalue weighted by Crippen LogP contribution is 2.10. The van der Waals surface area contributed by atoms with E-state index in [-0.39, 0.29) is 24.0 Å². The summed E-state index contributed by atoms with van der Waals surface area (Å²) in [7, 11) is 1.83. The van der Waals surface area contributed by atoms with Crippen LogP contribution in [0.25, 0.3) is 0 Å². The Morgan fingerprint density at radius 1 is 1.32 bits per heavy atom. The van der Waals surface area contributed by atoms with E-state index in [1.165, 1.54) is 12.8 Å². The van der Waals surface area contributed by atoms with Crippen molar-refractivity contribution in [2.45, 2.75) is 46.1 Å². The number of rotatable bonds is 6. The average Bonchev–Trinajstić information content (AvgIpc) is 2.84. The lowest BCUT2D eigenvalue weighted by Crippen LogP contribution is -2.44. The summed E-state index contributed by atoms with van der Waals surface area (Å²) in [6, 6.07) is 0.471. The van der Waals surface area contributed by atoms with Crippen LogP contribution in [0.15, 0.2) is 4.99 Å². The van der Waals surface area contributed by atoms with Gasteiger partial charge in [0.25, 0.3) is 0 Å². The molecule has 0 bridgehead atoms. The zero-order valence-electron chi connectivity index (χ0n) is 12.7. The molecule has 1 aliphatic heterocycles. The predicted octanol–water partition coefficient (Wildman–Crippen LogP) is 2.63. The molecular weight excluding hydrogens is 353 g/mol. The Morgan fingerprint density at radius 2 is 2.05 bits per heavy atom. The largest absolute Gasteiger partial charge is 0.381 e. The quantitative estimate of drug-likeness (QED) is 0.421. The van der Waals surface area contributed by atoms with Crippen molar-refractivity contribution in [3.05, 3.63) is 0 Å². The van der Waals surface area contributed by atoms with Crippen molar-refractivity contribution in [3.8, 4) is 0 Å². The van der Waals surface area contributed by atoms with Crippen molar-refractivity contribution in [1.82, 2.24) is 10.6 Å². The number of ether oxygens (including phenoxy) is 1. The lowest BCUT2D eigenvalue weighted by molar-refractivity contribution is 0.186. The third-order valence-corrected chi connectivity index (χ3v) is 3.37. The highest BCUT2D eigenvalue weighted by Gasteiger charge is 2.16. The van der Waals surface area contributed by atoms with Crippen LogP contribution in [0.5, 0.6) is 0 Å². The number of nitrogens with zero attached hydrogens (tertiary/aromatic N) is 1. The van der Waals surface area contributed by atoms with Crippen molar-refractivity contribution < 1.29 is 4.74 Å². The van der Waals surface area contributed by atoms with Crippen LogP contribution in [-0.4, -0.2) is 38.8 Å². The minimum Gasteiger partial charge on any atom is -0.381 e. The molecule has 2 N–H and O–H groups in total. The van der Waals surface area contributed by atoms with E-state index < -0.39 is 0 Å². The molecule has 1 saturated heterocycles. The van der Waals surface area contributed by atoms with Gasteiger partial charge in [-0.2, -0.15) is 0 Å². The third kappa shape index (κ3) is 8.68. The third-order valence-electron chi connectivity index (χ3n) is 3.37. The van der Waals surface area contributed by atoms with Gasteiger partial charge in [-0.1, -0.05) is 13.8 Å². The molecule has 0 spiro atoms. The van der Waals surface area contributed by atoms with E-state index in [0.29, 0.717) is 12.0 Å². The zero-order valence-corrected chi connectivity index (χ0v) is 15.1. The molecule has 4 nitrogen and oxygen atoms in total. The summed E-state index contributed by atoms with van der Waals surface area (Å²) < 4.78 is 5.37. The minimum absolute atomic E-state index is 0. The Balaban J connectivity index is 0.00000324. The summed E-state index contributed by atoms with van der Waals surface area (Å²) in [4.78, 5) is 4.27. The molecule has 1 aliphatic rings. The molecule has 1 heterocycles. The van der Waals surface area contributed by atoms with Crippen LogP contribution < -0.4 is 10.6 Å². The van der Waals surface area contributed by atoms with Crippen LogP contribution >= 0.6 is 24.0 Å². The molecule has 2 atom stereocenters. The van der Waals surface area contributed by atoms with E-state index >= 15 is 0 Å². The monoisotopic (exact) mass is 383 g/mol. The minimum atomic E-state index is 0.